The molecule has 0 unspecified atom stereocenters. The number of rotatable bonds is 5. The van der Waals surface area contributed by atoms with Gasteiger partial charge in [0.2, 0.25) is 5.88 Å². The molecular formula is C24H21N7O4S. The largest absolute Gasteiger partial charge is 0.474 e. The Bertz CT molecular complexity index is 1590. The molecule has 12 heteroatoms. The van der Waals surface area contributed by atoms with Gasteiger partial charge in [-0.1, -0.05) is 0 Å². The van der Waals surface area contributed by atoms with Crippen LogP contribution in [0.2, 0.25) is 0 Å². The van der Waals surface area contributed by atoms with Gasteiger partial charge in [0.15, 0.2) is 15.5 Å². The standard InChI is InChI=1S/C24H21N7O4S/c1-36(33,34)19-4-2-17(3-5-19)31-22-21(14-29-31)23(28-15-27-22)35-18-7-10-30(11-8-18)24(32)20-6-9-26-13-16(20)12-25/h2-6,9,13-15,18H,7-8,10-11H2,1H3. The van der Waals surface area contributed by atoms with Gasteiger partial charge >= 0.3 is 0 Å². The molecule has 3 aromatic heterocycles. The Morgan fingerprint density at radius 1 is 1.11 bits per heavy atom. The summed E-state index contributed by atoms with van der Waals surface area (Å²) in [5, 5.41) is 14.3. The number of benzene rings is 1. The molecule has 0 spiro atoms. The molecule has 36 heavy (non-hydrogen) atoms. The zero-order chi connectivity index (χ0) is 25.3. The number of hydrogen-bond acceptors (Lipinski definition) is 9. The Hall–Kier alpha value is -4.37. The molecule has 0 bridgehead atoms. The van der Waals surface area contributed by atoms with Crippen molar-refractivity contribution in [3.8, 4) is 17.6 Å². The lowest BCUT2D eigenvalue weighted by molar-refractivity contribution is 0.0590. The van der Waals surface area contributed by atoms with Crippen LogP contribution < -0.4 is 4.74 Å². The minimum Gasteiger partial charge on any atom is -0.474 e. The topological polar surface area (TPSA) is 144 Å². The predicted octanol–water partition coefficient (Wildman–Crippen LogP) is 2.17. The molecule has 0 radical (unpaired) electrons. The highest BCUT2D eigenvalue weighted by Gasteiger charge is 2.27. The molecule has 0 saturated carbocycles. The molecule has 1 aromatic carbocycles. The zero-order valence-electron chi connectivity index (χ0n) is 19.3. The number of carbonyl (C=O) groups excluding carboxylic acids is 1. The summed E-state index contributed by atoms with van der Waals surface area (Å²) < 4.78 is 31.2. The van der Waals surface area contributed by atoms with E-state index in [0.717, 1.165) is 6.26 Å². The second kappa shape index (κ2) is 9.35. The number of nitrogens with zero attached hydrogens (tertiary/aromatic N) is 7. The summed E-state index contributed by atoms with van der Waals surface area (Å²) in [4.78, 5) is 27.3. The second-order valence-electron chi connectivity index (χ2n) is 8.38. The number of likely N-dealkylation sites (tertiary alicyclic amines) is 1. The number of piperidine rings is 1. The number of pyridine rings is 1. The Kier molecular flexibility index (Phi) is 6.07. The molecule has 1 fully saturated rings. The van der Waals surface area contributed by atoms with Crippen molar-refractivity contribution in [3.63, 3.8) is 0 Å². The van der Waals surface area contributed by atoms with E-state index in [1.807, 2.05) is 6.07 Å². The maximum atomic E-state index is 12.9. The van der Waals surface area contributed by atoms with Crippen LogP contribution in [0.5, 0.6) is 5.88 Å². The fourth-order valence-corrected chi connectivity index (χ4v) is 4.75. The summed E-state index contributed by atoms with van der Waals surface area (Å²) in [5.74, 6) is 0.199. The van der Waals surface area contributed by atoms with Gasteiger partial charge in [-0.2, -0.15) is 10.4 Å². The lowest BCUT2D eigenvalue weighted by atomic mass is 10.0. The van der Waals surface area contributed by atoms with Crippen LogP contribution in [0.25, 0.3) is 16.7 Å². The maximum absolute atomic E-state index is 12.9. The van der Waals surface area contributed by atoms with E-state index < -0.39 is 9.84 Å². The van der Waals surface area contributed by atoms with Gasteiger partial charge in [0.1, 0.15) is 23.9 Å². The molecule has 4 heterocycles. The average Bonchev–Trinajstić information content (AvgIpc) is 3.33. The van der Waals surface area contributed by atoms with Gasteiger partial charge in [-0.25, -0.2) is 23.1 Å². The van der Waals surface area contributed by atoms with Gasteiger partial charge in [0.25, 0.3) is 5.91 Å². The monoisotopic (exact) mass is 503 g/mol. The quantitative estimate of drug-likeness (QED) is 0.400. The highest BCUT2D eigenvalue weighted by atomic mass is 32.2. The first-order valence-electron chi connectivity index (χ1n) is 11.1. The van der Waals surface area contributed by atoms with Crippen LogP contribution in [0.3, 0.4) is 0 Å². The van der Waals surface area contributed by atoms with E-state index in [4.69, 9.17) is 4.74 Å². The maximum Gasteiger partial charge on any atom is 0.255 e. The molecule has 0 atom stereocenters. The van der Waals surface area contributed by atoms with Crippen LogP contribution in [0.4, 0.5) is 0 Å². The predicted molar refractivity (Wildman–Crippen MR) is 128 cm³/mol. The smallest absolute Gasteiger partial charge is 0.255 e. The van der Waals surface area contributed by atoms with E-state index in [0.29, 0.717) is 54.1 Å². The highest BCUT2D eigenvalue weighted by Crippen LogP contribution is 2.27. The van der Waals surface area contributed by atoms with E-state index in [1.165, 1.54) is 30.9 Å². The van der Waals surface area contributed by atoms with Crippen LogP contribution in [0.1, 0.15) is 28.8 Å². The van der Waals surface area contributed by atoms with Crippen molar-refractivity contribution in [1.29, 1.82) is 5.26 Å². The lowest BCUT2D eigenvalue weighted by Crippen LogP contribution is -2.42. The Balaban J connectivity index is 1.30. The first kappa shape index (κ1) is 23.4. The normalized spacial score (nSPS) is 14.5. The van der Waals surface area contributed by atoms with E-state index in [1.54, 1.807) is 34.0 Å². The third-order valence-corrected chi connectivity index (χ3v) is 7.15. The zero-order valence-corrected chi connectivity index (χ0v) is 20.1. The molecule has 5 rings (SSSR count). The number of sulfone groups is 1. The Labute approximate surface area is 206 Å². The Morgan fingerprint density at radius 3 is 2.56 bits per heavy atom. The molecule has 1 saturated heterocycles. The fraction of sp³-hybridized carbons (Fsp3) is 0.250. The summed E-state index contributed by atoms with van der Waals surface area (Å²) in [7, 11) is -3.30. The van der Waals surface area contributed by atoms with Gasteiger partial charge in [-0.3, -0.25) is 9.78 Å². The van der Waals surface area contributed by atoms with Crippen LogP contribution in [-0.2, 0) is 9.84 Å². The summed E-state index contributed by atoms with van der Waals surface area (Å²) in [5.41, 5.74) is 1.79. The number of hydrogen-bond donors (Lipinski definition) is 0. The van der Waals surface area contributed by atoms with Gasteiger partial charge in [0.05, 0.1) is 27.9 Å². The molecule has 11 nitrogen and oxygen atoms in total. The van der Waals surface area contributed by atoms with Crippen LogP contribution in [0.15, 0.2) is 60.1 Å². The first-order valence-corrected chi connectivity index (χ1v) is 13.0. The summed E-state index contributed by atoms with van der Waals surface area (Å²) >= 11 is 0. The van der Waals surface area contributed by atoms with Crippen LogP contribution >= 0.6 is 0 Å². The highest BCUT2D eigenvalue weighted by molar-refractivity contribution is 7.90. The third-order valence-electron chi connectivity index (χ3n) is 6.02. The van der Waals surface area contributed by atoms with E-state index >= 15 is 0 Å². The summed E-state index contributed by atoms with van der Waals surface area (Å²) in [6.45, 7) is 0.966. The molecular weight excluding hydrogens is 482 g/mol. The van der Waals surface area contributed by atoms with Gasteiger partial charge in [0, 0.05) is 44.6 Å². The second-order valence-corrected chi connectivity index (χ2v) is 10.4. The van der Waals surface area contributed by atoms with Gasteiger partial charge < -0.3 is 9.64 Å². The van der Waals surface area contributed by atoms with Crippen molar-refractivity contribution in [2.75, 3.05) is 19.3 Å². The number of fused-ring (bicyclic) bond motifs is 1. The number of amides is 1. The minimum atomic E-state index is -3.30. The average molecular weight is 504 g/mol. The van der Waals surface area contributed by atoms with Gasteiger partial charge in [-0.15, -0.1) is 0 Å². The lowest BCUT2D eigenvalue weighted by Gasteiger charge is -2.32. The minimum absolute atomic E-state index is 0.155. The third kappa shape index (κ3) is 4.48. The molecule has 0 aliphatic carbocycles. The SMILES string of the molecule is CS(=O)(=O)c1ccc(-n2ncc3c(OC4CCN(C(=O)c5ccncc5C#N)CC4)ncnc32)cc1. The van der Waals surface area contributed by atoms with Crippen molar-refractivity contribution in [2.45, 2.75) is 23.8 Å². The van der Waals surface area contributed by atoms with Gasteiger partial charge in [-0.05, 0) is 30.3 Å². The van der Waals surface area contributed by atoms with Crippen molar-refractivity contribution in [1.82, 2.24) is 29.6 Å². The number of carbonyl (C=O) groups is 1. The number of aromatic nitrogens is 5. The fourth-order valence-electron chi connectivity index (χ4n) is 4.12. The molecule has 1 aliphatic heterocycles. The van der Waals surface area contributed by atoms with E-state index in [9.17, 15) is 18.5 Å². The van der Waals surface area contributed by atoms with Crippen molar-refractivity contribution in [2.24, 2.45) is 0 Å². The molecule has 1 aliphatic rings. The Morgan fingerprint density at radius 2 is 1.86 bits per heavy atom. The van der Waals surface area contributed by atoms with E-state index in [2.05, 4.69) is 20.1 Å². The number of nitriles is 1. The summed E-state index contributed by atoms with van der Waals surface area (Å²) in [6, 6.07) is 9.96. The number of ether oxygens (including phenoxy) is 1. The van der Waals surface area contributed by atoms with E-state index in [-0.39, 0.29) is 22.5 Å². The van der Waals surface area contributed by atoms with Crippen LogP contribution in [-0.4, -0.2) is 69.4 Å². The molecule has 4 aromatic rings. The molecule has 1 amide bonds. The van der Waals surface area contributed by atoms with Crippen LogP contribution in [0, 0.1) is 11.3 Å². The van der Waals surface area contributed by atoms with Crippen molar-refractivity contribution < 1.29 is 17.9 Å². The molecule has 182 valence electrons. The van der Waals surface area contributed by atoms with Crippen molar-refractivity contribution >= 4 is 26.8 Å². The van der Waals surface area contributed by atoms with Crippen molar-refractivity contribution in [3.05, 3.63) is 66.4 Å². The molecule has 0 N–H and O–H groups in total. The first-order chi connectivity index (χ1) is 17.3. The summed E-state index contributed by atoms with van der Waals surface area (Å²) in [6.07, 6.45) is 8.11.